The second kappa shape index (κ2) is 11.9. The number of hydrogen-bond acceptors (Lipinski definition) is 0. The molecule has 0 nitrogen and oxygen atoms in total. The van der Waals surface area contributed by atoms with E-state index in [9.17, 15) is 0 Å². The average molecular weight is 490 g/mol. The van der Waals surface area contributed by atoms with Crippen molar-refractivity contribution in [2.24, 2.45) is 5.92 Å². The van der Waals surface area contributed by atoms with Crippen LogP contribution in [-0.4, -0.2) is 5.43 Å². The Morgan fingerprint density at radius 2 is 1.70 bits per heavy atom. The fraction of sp³-hybridized carbons (Fsp3) is 0.321. The van der Waals surface area contributed by atoms with Gasteiger partial charge in [-0.2, -0.15) is 11.1 Å². The van der Waals surface area contributed by atoms with Gasteiger partial charge in [-0.25, -0.2) is 5.57 Å². The SMILES string of the molecule is CC1=[C-]C(C)C(C)=C1C.CCc1cccc(-c2c[cH-]c3ccccc23)c1.C[Si](C)=[Zr+2]. The van der Waals surface area contributed by atoms with Crippen molar-refractivity contribution in [1.29, 1.82) is 0 Å². The summed E-state index contributed by atoms with van der Waals surface area (Å²) in [5, 5.41) is 2.67. The van der Waals surface area contributed by atoms with Crippen LogP contribution in [0.25, 0.3) is 21.9 Å². The molecule has 0 amide bonds. The normalized spacial score (nSPS) is 15.2. The molecule has 0 N–H and O–H groups in total. The Balaban J connectivity index is 0.000000207. The fourth-order valence-corrected chi connectivity index (χ4v) is 3.52. The van der Waals surface area contributed by atoms with Crippen LogP contribution in [0.2, 0.25) is 13.1 Å². The Morgan fingerprint density at radius 1 is 1.03 bits per heavy atom. The van der Waals surface area contributed by atoms with Gasteiger partial charge in [-0.05, 0) is 12.0 Å². The predicted octanol–water partition coefficient (Wildman–Crippen LogP) is 8.29. The Bertz CT molecular complexity index is 1060. The maximum atomic E-state index is 3.36. The summed E-state index contributed by atoms with van der Waals surface area (Å²) in [6.45, 7) is 15.5. The first kappa shape index (κ1) is 24.9. The summed E-state index contributed by atoms with van der Waals surface area (Å²) < 4.78 is 0. The number of rotatable bonds is 2. The van der Waals surface area contributed by atoms with Gasteiger partial charge in [0.1, 0.15) is 0 Å². The molecule has 0 heterocycles. The van der Waals surface area contributed by atoms with E-state index in [2.05, 4.69) is 114 Å². The third kappa shape index (κ3) is 6.82. The number of hydrogen-bond donors (Lipinski definition) is 0. The summed E-state index contributed by atoms with van der Waals surface area (Å²) in [5.41, 5.74) is 8.52. The van der Waals surface area contributed by atoms with Gasteiger partial charge in [-0.15, -0.1) is 53.6 Å². The molecule has 4 rings (SSSR count). The summed E-state index contributed by atoms with van der Waals surface area (Å²) in [6, 6.07) is 21.8. The number of benzene rings is 2. The van der Waals surface area contributed by atoms with Crippen LogP contribution in [0.5, 0.6) is 0 Å². The van der Waals surface area contributed by atoms with Crippen LogP contribution in [0.3, 0.4) is 0 Å². The standard InChI is InChI=1S/C17H15.C9H13.C2H6Si.Zr/c1-2-13-6-5-8-15(12-13)17-11-10-14-7-3-4-9-16(14)17;1-6-5-7(2)9(4)8(6)3;1-3-2;/h3-12H,2H2,1H3;6H,1-4H3;1-2H3;/q2*-1;;+2. The molecule has 154 valence electrons. The van der Waals surface area contributed by atoms with E-state index in [1.807, 2.05) is 0 Å². The van der Waals surface area contributed by atoms with E-state index in [0.717, 1.165) is 6.42 Å². The molecule has 1 aliphatic rings. The fourth-order valence-electron chi connectivity index (χ4n) is 3.52. The van der Waals surface area contributed by atoms with E-state index in [1.165, 1.54) is 44.2 Å². The molecule has 3 aromatic carbocycles. The van der Waals surface area contributed by atoms with Crippen molar-refractivity contribution >= 4 is 16.2 Å². The van der Waals surface area contributed by atoms with Crippen LogP contribution in [0.4, 0.5) is 0 Å². The third-order valence-electron chi connectivity index (χ3n) is 5.56. The van der Waals surface area contributed by atoms with Crippen molar-refractivity contribution in [3.63, 3.8) is 0 Å². The summed E-state index contributed by atoms with van der Waals surface area (Å²) >= 11 is 1.74. The van der Waals surface area contributed by atoms with E-state index in [-0.39, 0.29) is 5.43 Å². The minimum absolute atomic E-state index is 0.210. The molecule has 2 heteroatoms. The molecule has 30 heavy (non-hydrogen) atoms. The Kier molecular flexibility index (Phi) is 9.85. The first-order chi connectivity index (χ1) is 14.2. The average Bonchev–Trinajstić information content (AvgIpc) is 3.25. The third-order valence-corrected chi connectivity index (χ3v) is 5.56. The van der Waals surface area contributed by atoms with Gasteiger partial charge in [-0.3, -0.25) is 6.08 Å². The molecule has 1 unspecified atom stereocenters. The number of aryl methyl sites for hydroxylation is 1. The molecule has 0 aliphatic heterocycles. The molecule has 0 bridgehead atoms. The molecule has 3 aromatic rings. The molecular weight excluding hydrogens is 456 g/mol. The van der Waals surface area contributed by atoms with Crippen molar-refractivity contribution in [1.82, 2.24) is 0 Å². The van der Waals surface area contributed by atoms with Gasteiger partial charge in [0.25, 0.3) is 0 Å². The molecule has 0 fully saturated rings. The monoisotopic (exact) mass is 488 g/mol. The molecule has 0 radical (unpaired) electrons. The number of fused-ring (bicyclic) bond motifs is 1. The Hall–Kier alpha value is -1.37. The molecule has 0 saturated carbocycles. The molecule has 0 aromatic heterocycles. The predicted molar refractivity (Wildman–Crippen MR) is 132 cm³/mol. The quantitative estimate of drug-likeness (QED) is 0.251. The van der Waals surface area contributed by atoms with Crippen LogP contribution in [0.1, 0.15) is 40.2 Å². The molecule has 0 spiro atoms. The summed E-state index contributed by atoms with van der Waals surface area (Å²) in [4.78, 5) is 0. The molecule has 1 atom stereocenters. The van der Waals surface area contributed by atoms with Crippen molar-refractivity contribution in [3.05, 3.63) is 89.0 Å². The van der Waals surface area contributed by atoms with E-state index < -0.39 is 0 Å². The van der Waals surface area contributed by atoms with Crippen LogP contribution in [0, 0.1) is 12.0 Å². The second-order valence-electron chi connectivity index (χ2n) is 8.19. The zero-order valence-electron chi connectivity index (χ0n) is 19.6. The van der Waals surface area contributed by atoms with E-state index in [1.54, 1.807) is 23.3 Å². The second-order valence-corrected chi connectivity index (χ2v) is 17.6. The number of allylic oxidation sites excluding steroid dienone is 4. The van der Waals surface area contributed by atoms with E-state index in [0.29, 0.717) is 5.92 Å². The van der Waals surface area contributed by atoms with Gasteiger partial charge in [0.15, 0.2) is 0 Å². The summed E-state index contributed by atoms with van der Waals surface area (Å²) in [6.07, 6.45) is 4.45. The summed E-state index contributed by atoms with van der Waals surface area (Å²) in [5.74, 6) is 0.560. The van der Waals surface area contributed by atoms with Crippen molar-refractivity contribution in [2.45, 2.75) is 54.1 Å². The maximum absolute atomic E-state index is 3.36. The van der Waals surface area contributed by atoms with E-state index >= 15 is 0 Å². The minimum atomic E-state index is 0.210. The zero-order valence-corrected chi connectivity index (χ0v) is 23.0. The van der Waals surface area contributed by atoms with Gasteiger partial charge < -0.3 is 0 Å². The molecule has 0 saturated heterocycles. The first-order valence-electron chi connectivity index (χ1n) is 10.8. The Labute approximate surface area is 198 Å². The van der Waals surface area contributed by atoms with E-state index in [4.69, 9.17) is 0 Å². The molecular formula is C28H34SiZr. The van der Waals surface area contributed by atoms with Gasteiger partial charge in [0.2, 0.25) is 0 Å². The van der Waals surface area contributed by atoms with Gasteiger partial charge in [0, 0.05) is 0 Å². The van der Waals surface area contributed by atoms with Crippen LogP contribution < -0.4 is 0 Å². The summed E-state index contributed by atoms with van der Waals surface area (Å²) in [7, 11) is 0. The van der Waals surface area contributed by atoms with Crippen molar-refractivity contribution in [3.8, 4) is 11.1 Å². The molecule has 1 aliphatic carbocycles. The Morgan fingerprint density at radius 3 is 2.23 bits per heavy atom. The first-order valence-corrected chi connectivity index (χ1v) is 17.0. The van der Waals surface area contributed by atoms with Gasteiger partial charge >= 0.3 is 41.9 Å². The van der Waals surface area contributed by atoms with Crippen LogP contribution >= 0.6 is 0 Å². The topological polar surface area (TPSA) is 0 Å². The van der Waals surface area contributed by atoms with Gasteiger partial charge in [-0.1, -0.05) is 69.5 Å². The van der Waals surface area contributed by atoms with Crippen molar-refractivity contribution in [2.75, 3.05) is 0 Å². The van der Waals surface area contributed by atoms with Crippen LogP contribution in [0.15, 0.2) is 77.4 Å². The van der Waals surface area contributed by atoms with Crippen molar-refractivity contribution < 1.29 is 23.3 Å². The van der Waals surface area contributed by atoms with Gasteiger partial charge in [0.05, 0.1) is 0 Å². The zero-order chi connectivity index (χ0) is 22.3. The van der Waals surface area contributed by atoms with Crippen LogP contribution in [-0.2, 0) is 29.8 Å².